The van der Waals surface area contributed by atoms with Crippen LogP contribution in [0.3, 0.4) is 0 Å². The van der Waals surface area contributed by atoms with Crippen LogP contribution in [0.4, 0.5) is 5.82 Å². The summed E-state index contributed by atoms with van der Waals surface area (Å²) in [5, 5.41) is 139. The maximum Gasteiger partial charge on any atom is 0.349 e. The quantitative estimate of drug-likeness (QED) is 0.0487. The first kappa shape index (κ1) is 89.7. The Labute approximate surface area is 708 Å². The van der Waals surface area contributed by atoms with E-state index in [9.17, 15) is 84.6 Å². The zero-order chi connectivity index (χ0) is 88.2. The minimum atomic E-state index is -2.40. The summed E-state index contributed by atoms with van der Waals surface area (Å²) in [7, 11) is 1.46. The van der Waals surface area contributed by atoms with Gasteiger partial charge in [-0.3, -0.25) is 42.9 Å². The second kappa shape index (κ2) is 37.8. The van der Waals surface area contributed by atoms with Gasteiger partial charge in [0, 0.05) is 65.1 Å². The van der Waals surface area contributed by atoms with E-state index in [0.29, 0.717) is 10.6 Å². The van der Waals surface area contributed by atoms with Crippen molar-refractivity contribution in [2.45, 2.75) is 163 Å². The average molecular weight is 1750 g/mol. The Balaban J connectivity index is 0.992. The first-order valence-corrected chi connectivity index (χ1v) is 39.3. The predicted octanol–water partition coefficient (Wildman–Crippen LogP) is 2.30. The molecule has 7 aliphatic rings. The number of carbonyl (C=O) groups is 9. The topological polar surface area (TPSA) is 580 Å². The van der Waals surface area contributed by atoms with Gasteiger partial charge in [0.05, 0.1) is 41.3 Å². The molecule has 8 amide bonds. The Morgan fingerprint density at radius 1 is 0.721 bits per heavy atom. The average Bonchev–Trinajstić information content (AvgIpc) is 0.763. The molecule has 11 bridgehead atoms. The second-order valence-corrected chi connectivity index (χ2v) is 31.5. The number of nitrogens with one attached hydrogen (secondary N) is 9. The summed E-state index contributed by atoms with van der Waals surface area (Å²) < 4.78 is 40.5. The number of aliphatic carboxylic acids is 1. The molecule has 2 saturated heterocycles. The molecule has 2 fully saturated rings. The largest absolute Gasteiger partial charge is 0.508 e. The number of carbonyl (C=O) groups excluding carboxylic acids is 8. The van der Waals surface area contributed by atoms with Crippen molar-refractivity contribution in [2.75, 3.05) is 25.5 Å². The number of halogens is 3. The number of ether oxygens (including phenoxy) is 6. The molecule has 7 aliphatic heterocycles. The number of rotatable bonds is 20. The van der Waals surface area contributed by atoms with Crippen LogP contribution >= 0.6 is 34.8 Å². The predicted molar refractivity (Wildman–Crippen MR) is 431 cm³/mol. The van der Waals surface area contributed by atoms with E-state index in [4.69, 9.17) is 69.0 Å². The number of nitrogens with zero attached hydrogens (tertiary/aromatic N) is 2. The van der Waals surface area contributed by atoms with Crippen molar-refractivity contribution in [1.29, 1.82) is 0 Å². The number of phenolic OH excluding ortho intramolecular Hbond substituents is 3. The number of amides is 8. The smallest absolute Gasteiger partial charge is 0.349 e. The van der Waals surface area contributed by atoms with E-state index >= 15 is 14.4 Å². The van der Waals surface area contributed by atoms with E-state index in [1.54, 1.807) is 31.2 Å². The number of aliphatic hydroxyl groups excluding tert-OH is 6. The minimum Gasteiger partial charge on any atom is -0.508 e. The molecule has 0 radical (unpaired) electrons. The normalized spacial score (nSPS) is 26.4. The molecule has 0 spiro atoms. The summed E-state index contributed by atoms with van der Waals surface area (Å²) in [5.41, 5.74) is 1.29. The lowest BCUT2D eigenvalue weighted by Gasteiger charge is -2.48. The summed E-state index contributed by atoms with van der Waals surface area (Å²) >= 11 is 20.3. The van der Waals surface area contributed by atoms with Crippen molar-refractivity contribution in [1.82, 2.24) is 52.1 Å². The van der Waals surface area contributed by atoms with Gasteiger partial charge in [0.25, 0.3) is 0 Å². The maximum absolute atomic E-state index is 16.2. The molecule has 6 aromatic carbocycles. The summed E-state index contributed by atoms with van der Waals surface area (Å²) in [4.78, 5) is 148. The number of carboxylic acid groups (broad SMARTS) is 1. The van der Waals surface area contributed by atoms with Gasteiger partial charge in [-0.25, -0.2) is 9.59 Å². The molecule has 0 saturated carbocycles. The minimum absolute atomic E-state index is 0.0355. The molecule has 8 heterocycles. The monoisotopic (exact) mass is 1750 g/mol. The molecule has 7 aromatic rings. The van der Waals surface area contributed by atoms with E-state index in [-0.39, 0.29) is 60.1 Å². The van der Waals surface area contributed by atoms with E-state index in [2.05, 4.69) is 52.8 Å². The van der Waals surface area contributed by atoms with Crippen molar-refractivity contribution in [2.24, 2.45) is 11.7 Å². The number of aliphatic hydroxyl groups is 6. The van der Waals surface area contributed by atoms with Crippen LogP contribution < -0.4 is 73.5 Å². The number of nitrogens with two attached hydrogens (primary N) is 1. The van der Waals surface area contributed by atoms with Gasteiger partial charge in [0.2, 0.25) is 59.3 Å². The fourth-order valence-electron chi connectivity index (χ4n) is 14.7. The summed E-state index contributed by atoms with van der Waals surface area (Å²) in [5.74, 6) is -17.1. The molecule has 41 heteroatoms. The summed E-state index contributed by atoms with van der Waals surface area (Å²) in [6.07, 6.45) is -15.4. The van der Waals surface area contributed by atoms with Crippen molar-refractivity contribution >= 4 is 99.9 Å². The number of aromatic nitrogens is 2. The lowest BCUT2D eigenvalue weighted by Crippen LogP contribution is -2.65. The Kier molecular flexibility index (Phi) is 27.8. The van der Waals surface area contributed by atoms with Crippen LogP contribution in [0.25, 0.3) is 17.2 Å². The molecule has 122 heavy (non-hydrogen) atoms. The van der Waals surface area contributed by atoms with Gasteiger partial charge in [-0.2, -0.15) is 4.98 Å². The van der Waals surface area contributed by atoms with Crippen molar-refractivity contribution in [3.63, 3.8) is 0 Å². The number of carboxylic acids is 1. The van der Waals surface area contributed by atoms with Gasteiger partial charge in [0.1, 0.15) is 95.3 Å². The van der Waals surface area contributed by atoms with Crippen LogP contribution in [0.1, 0.15) is 111 Å². The van der Waals surface area contributed by atoms with Crippen LogP contribution in [0.15, 0.2) is 126 Å². The highest BCUT2D eigenvalue weighted by Crippen LogP contribution is 2.50. The molecule has 18 atom stereocenters. The highest BCUT2D eigenvalue weighted by atomic mass is 35.5. The molecule has 4 unspecified atom stereocenters. The van der Waals surface area contributed by atoms with E-state index in [1.807, 2.05) is 13.8 Å². The first-order chi connectivity index (χ1) is 57.9. The van der Waals surface area contributed by atoms with E-state index in [1.165, 1.54) is 55.1 Å². The third kappa shape index (κ3) is 20.1. The highest BCUT2D eigenvalue weighted by molar-refractivity contribution is 6.32. The number of phenols is 3. The van der Waals surface area contributed by atoms with Crippen molar-refractivity contribution < 1.29 is 123 Å². The fourth-order valence-corrected chi connectivity index (χ4v) is 15.3. The summed E-state index contributed by atoms with van der Waals surface area (Å²) in [6.45, 7) is 5.59. The van der Waals surface area contributed by atoms with E-state index < -0.39 is 254 Å². The molecule has 14 rings (SSSR count). The van der Waals surface area contributed by atoms with Crippen molar-refractivity contribution in [3.8, 4) is 57.1 Å². The number of fused-ring (bicyclic) bond motifs is 15. The van der Waals surface area contributed by atoms with Crippen LogP contribution in [-0.4, -0.2) is 213 Å². The molecule has 0 aliphatic carbocycles. The molecular weight excluding hydrogens is 1660 g/mol. The highest BCUT2D eigenvalue weighted by Gasteiger charge is 2.52. The van der Waals surface area contributed by atoms with E-state index in [0.717, 1.165) is 66.7 Å². The number of anilines is 1. The molecule has 21 N–H and O–H groups in total. The Hall–Kier alpha value is -11.6. The SMILES string of the molecule is CN[C@@H](CC(C)C)C(=O)N[C@H]1C(=O)N[C@@H](CC(N)=O)C(=O)NC2C(=O)N[C@@H]3C(=O)N[C@@H](C(=O)N[C@@H](C(=O)O)c4cc(O)cc(O)c4-c4cc3ccc4O)[C@H](O)c3ccc(c(Cl)c3)Oc3cc2cc(c3OC2O[C@@H](CO)[C@@H](O)[C@@H](O)[C@H]2O[C@H]2CC(C)(NCCn3ccc(NC(=O)/C=C/c4ccc(Cl)cc4)nc3=O)[C@@H](O)C(C)O2)Oc2ccc(cc2Cl)[C@H]1O. The number of benzene rings is 6. The van der Waals surface area contributed by atoms with Gasteiger partial charge >= 0.3 is 11.7 Å². The number of hydrogen-bond donors (Lipinski definition) is 20. The lowest BCUT2D eigenvalue weighted by atomic mass is 9.85. The third-order valence-electron chi connectivity index (χ3n) is 21.0. The van der Waals surface area contributed by atoms with Gasteiger partial charge in [0.15, 0.2) is 29.9 Å². The van der Waals surface area contributed by atoms with Gasteiger partial charge in [-0.15, -0.1) is 0 Å². The van der Waals surface area contributed by atoms with Gasteiger partial charge in [-0.1, -0.05) is 79.0 Å². The number of aromatic hydroxyl groups is 3. The Morgan fingerprint density at radius 3 is 1.98 bits per heavy atom. The van der Waals surface area contributed by atoms with Crippen LogP contribution in [0.5, 0.6) is 46.0 Å². The second-order valence-electron chi connectivity index (χ2n) is 30.2. The van der Waals surface area contributed by atoms with Gasteiger partial charge in [-0.05, 0) is 140 Å². The van der Waals surface area contributed by atoms with Crippen LogP contribution in [0.2, 0.25) is 15.1 Å². The molecule has 648 valence electrons. The Morgan fingerprint density at radius 2 is 1.36 bits per heavy atom. The fraction of sp³-hybridized carbons (Fsp3) is 0.370. The summed E-state index contributed by atoms with van der Waals surface area (Å²) in [6, 6.07) is 6.98. The third-order valence-corrected chi connectivity index (χ3v) is 21.9. The Bertz CT molecular complexity index is 5300. The van der Waals surface area contributed by atoms with Crippen molar-refractivity contribution in [3.05, 3.63) is 180 Å². The molecule has 38 nitrogen and oxygen atoms in total. The number of hydrogen-bond acceptors (Lipinski definition) is 28. The van der Waals surface area contributed by atoms with Gasteiger partial charge < -0.3 is 133 Å². The molecular formula is C81H87Cl3N12O26. The standard InChI is InChI=1S/C81H87Cl3N12O26/c1-33(2)22-46(86-5)72(108)94-63-65(103)37-10-15-50(44(83)24-37)118-52-26-39-27-53(69(52)122-79-70(68(106)67(105)54(32-97)120-79)121-58-31-81(4,71(107)34(3)117-58)87-19-21-96-20-18-56(90-80(96)116)89-57(102)17-8-35-6-12-40(82)13-7-35)119-51-16-11-38(25-45(51)84)66(104)64-77(113)93-62(78(114)115)43-28-41(98)29-49(100)59(43)42-23-36(9-14-48(42)99)60(74(110)95-64)92-75(111)61(39)91-73(109)47(30-55(85)101)88-76(63)112/h6-18,20,23-29,33-34,46-47,54,58,60-68,70-71,79,86-87,97-100,103-107H,19,21-22,30-32H2,1-5H3,(H2,85,101)(H,88,112)(H,91,109)(H,92,111)(H,93,113)(H,94,108)(H,95,110)(H,114,115)(H,89,90,102,116)/b17-8+/t34?,46-,47-,54-,58-,60-,61?,62+,63+,64+,65+,66+,67+,68+,70+,71-,79?,81?/m0/s1. The van der Waals surface area contributed by atoms with Crippen LogP contribution in [0, 0.1) is 5.92 Å². The zero-order valence-corrected chi connectivity index (χ0v) is 67.6. The number of likely N-dealkylation sites (N-methyl/N-ethyl adjacent to an activating group) is 1. The first-order valence-electron chi connectivity index (χ1n) is 38.1. The molecule has 1 aromatic heterocycles. The van der Waals surface area contributed by atoms with Crippen LogP contribution in [-0.2, 0) is 63.9 Å². The number of primary amides is 1. The zero-order valence-electron chi connectivity index (χ0n) is 65.4. The maximum atomic E-state index is 16.2. The lowest BCUT2D eigenvalue weighted by molar-refractivity contribution is -0.334.